The van der Waals surface area contributed by atoms with Crippen molar-refractivity contribution in [2.75, 3.05) is 6.61 Å². The van der Waals surface area contributed by atoms with Crippen molar-refractivity contribution in [1.82, 2.24) is 0 Å². The summed E-state index contributed by atoms with van der Waals surface area (Å²) in [5, 5.41) is 10.7. The number of non-ortho nitro benzene ring substituents is 1. The number of carbonyl (C=O) groups is 1. The van der Waals surface area contributed by atoms with Crippen molar-refractivity contribution in [3.8, 4) is 11.3 Å². The Morgan fingerprint density at radius 3 is 2.83 bits per heavy atom. The number of nitro benzene ring substituents is 1. The van der Waals surface area contributed by atoms with Gasteiger partial charge in [-0.1, -0.05) is 12.7 Å². The van der Waals surface area contributed by atoms with Crippen LogP contribution in [0.5, 0.6) is 0 Å². The third kappa shape index (κ3) is 4.40. The molecule has 0 saturated heterocycles. The van der Waals surface area contributed by atoms with E-state index in [1.807, 2.05) is 0 Å². The van der Waals surface area contributed by atoms with E-state index >= 15 is 0 Å². The fourth-order valence-electron chi connectivity index (χ4n) is 1.74. The van der Waals surface area contributed by atoms with Gasteiger partial charge in [0.2, 0.25) is 0 Å². The Kier molecular flexibility index (Phi) is 5.48. The molecule has 0 bridgehead atoms. The molecule has 2 aromatic rings. The minimum Gasteiger partial charge on any atom is -0.458 e. The van der Waals surface area contributed by atoms with E-state index in [2.05, 4.69) is 22.5 Å². The molecule has 0 atom stereocenters. The third-order valence-corrected chi connectivity index (χ3v) is 3.44. The summed E-state index contributed by atoms with van der Waals surface area (Å²) in [7, 11) is 0. The van der Waals surface area contributed by atoms with E-state index in [4.69, 9.17) is 9.15 Å². The van der Waals surface area contributed by atoms with Crippen LogP contribution in [0.3, 0.4) is 0 Å². The maximum atomic E-state index is 11.3. The largest absolute Gasteiger partial charge is 0.458 e. The summed E-state index contributed by atoms with van der Waals surface area (Å²) in [4.78, 5) is 21.6. The van der Waals surface area contributed by atoms with Gasteiger partial charge in [-0.2, -0.15) is 0 Å². The highest BCUT2D eigenvalue weighted by atomic mass is 79.9. The molecule has 0 amide bonds. The second-order valence-corrected chi connectivity index (χ2v) is 5.23. The Hall–Kier alpha value is -2.67. The van der Waals surface area contributed by atoms with E-state index in [0.29, 0.717) is 21.6 Å². The zero-order valence-corrected chi connectivity index (χ0v) is 13.5. The predicted octanol–water partition coefficient (Wildman–Crippen LogP) is 4.36. The minimum atomic E-state index is -0.501. The molecule has 1 aromatic carbocycles. The lowest BCUT2D eigenvalue weighted by Crippen LogP contribution is -1.99. The van der Waals surface area contributed by atoms with E-state index in [1.165, 1.54) is 30.4 Å². The fourth-order valence-corrected chi connectivity index (χ4v) is 2.31. The highest BCUT2D eigenvalue weighted by molar-refractivity contribution is 9.10. The number of furan rings is 1. The summed E-state index contributed by atoms with van der Waals surface area (Å²) in [5.74, 6) is 0.478. The summed E-state index contributed by atoms with van der Waals surface area (Å²) < 4.78 is 10.9. The van der Waals surface area contributed by atoms with Gasteiger partial charge in [-0.3, -0.25) is 10.1 Å². The molecule has 23 heavy (non-hydrogen) atoms. The Labute approximate surface area is 140 Å². The predicted molar refractivity (Wildman–Crippen MR) is 88.7 cm³/mol. The van der Waals surface area contributed by atoms with Crippen molar-refractivity contribution in [3.05, 3.63) is 69.4 Å². The molecule has 0 N–H and O–H groups in total. The van der Waals surface area contributed by atoms with E-state index < -0.39 is 10.9 Å². The smallest absolute Gasteiger partial charge is 0.331 e. The Balaban J connectivity index is 2.16. The molecule has 7 heteroatoms. The summed E-state index contributed by atoms with van der Waals surface area (Å²) in [6.07, 6.45) is 4.20. The number of esters is 1. The number of hydrogen-bond acceptors (Lipinski definition) is 5. The van der Waals surface area contributed by atoms with Gasteiger partial charge in [0, 0.05) is 28.2 Å². The first-order valence-electron chi connectivity index (χ1n) is 6.51. The van der Waals surface area contributed by atoms with Crippen LogP contribution in [0.15, 0.2) is 58.0 Å². The lowest BCUT2D eigenvalue weighted by atomic mass is 10.1. The van der Waals surface area contributed by atoms with Crippen LogP contribution < -0.4 is 0 Å². The fraction of sp³-hybridized carbons (Fsp3) is 0.0625. The van der Waals surface area contributed by atoms with E-state index in [-0.39, 0.29) is 12.3 Å². The van der Waals surface area contributed by atoms with E-state index in [1.54, 1.807) is 18.2 Å². The molecular weight excluding hydrogens is 366 g/mol. The van der Waals surface area contributed by atoms with Crippen molar-refractivity contribution in [2.45, 2.75) is 0 Å². The Morgan fingerprint density at radius 2 is 2.17 bits per heavy atom. The molecule has 0 saturated carbocycles. The first-order chi connectivity index (χ1) is 11.0. The average Bonchev–Trinajstić information content (AvgIpc) is 2.99. The summed E-state index contributed by atoms with van der Waals surface area (Å²) in [6.45, 7) is 3.59. The monoisotopic (exact) mass is 377 g/mol. The van der Waals surface area contributed by atoms with Gasteiger partial charge in [-0.05, 0) is 40.2 Å². The van der Waals surface area contributed by atoms with Crippen LogP contribution in [0.2, 0.25) is 0 Å². The molecule has 0 unspecified atom stereocenters. The van der Waals surface area contributed by atoms with Gasteiger partial charge in [0.25, 0.3) is 5.69 Å². The maximum Gasteiger partial charge on any atom is 0.331 e. The zero-order chi connectivity index (χ0) is 16.8. The molecule has 0 aliphatic carbocycles. The summed E-state index contributed by atoms with van der Waals surface area (Å²) >= 11 is 3.29. The molecule has 0 fully saturated rings. The second-order valence-electron chi connectivity index (χ2n) is 4.38. The molecule has 1 aromatic heterocycles. The van der Waals surface area contributed by atoms with Gasteiger partial charge >= 0.3 is 5.97 Å². The van der Waals surface area contributed by atoms with Crippen LogP contribution in [-0.4, -0.2) is 17.5 Å². The minimum absolute atomic E-state index is 0.0164. The quantitative estimate of drug-likeness (QED) is 0.245. The molecular formula is C16H12BrNO5. The van der Waals surface area contributed by atoms with Gasteiger partial charge in [-0.15, -0.1) is 0 Å². The van der Waals surface area contributed by atoms with Crippen LogP contribution in [0, 0.1) is 10.1 Å². The summed E-state index contributed by atoms with van der Waals surface area (Å²) in [5.41, 5.74) is 0.654. The van der Waals surface area contributed by atoms with Gasteiger partial charge in [-0.25, -0.2) is 4.79 Å². The van der Waals surface area contributed by atoms with Crippen molar-refractivity contribution >= 4 is 33.7 Å². The number of nitrogens with zero attached hydrogens (tertiary/aromatic N) is 1. The first kappa shape index (κ1) is 16.7. The van der Waals surface area contributed by atoms with Gasteiger partial charge in [0.1, 0.15) is 18.1 Å². The van der Waals surface area contributed by atoms with Crippen molar-refractivity contribution in [2.24, 2.45) is 0 Å². The normalized spacial score (nSPS) is 10.7. The molecule has 1 heterocycles. The van der Waals surface area contributed by atoms with Crippen molar-refractivity contribution in [3.63, 3.8) is 0 Å². The van der Waals surface area contributed by atoms with Crippen molar-refractivity contribution in [1.29, 1.82) is 0 Å². The molecule has 2 rings (SSSR count). The number of halogens is 1. The van der Waals surface area contributed by atoms with Crippen LogP contribution >= 0.6 is 15.9 Å². The van der Waals surface area contributed by atoms with Crippen LogP contribution in [-0.2, 0) is 9.53 Å². The zero-order valence-electron chi connectivity index (χ0n) is 11.9. The molecule has 0 spiro atoms. The third-order valence-electron chi connectivity index (χ3n) is 2.78. The first-order valence-corrected chi connectivity index (χ1v) is 7.30. The topological polar surface area (TPSA) is 82.6 Å². The number of benzene rings is 1. The SMILES string of the molecule is C=CCOC(=O)/C=C/c1ccc(-c2ccc([N+](=O)[O-])cc2Br)o1. The highest BCUT2D eigenvalue weighted by Crippen LogP contribution is 2.32. The second kappa shape index (κ2) is 7.55. The number of rotatable bonds is 6. The Morgan fingerprint density at radius 1 is 1.39 bits per heavy atom. The molecule has 6 nitrogen and oxygen atoms in total. The van der Waals surface area contributed by atoms with Gasteiger partial charge in [0.05, 0.1) is 4.92 Å². The van der Waals surface area contributed by atoms with Gasteiger partial charge < -0.3 is 9.15 Å². The standard InChI is InChI=1S/C16H12BrNO5/c1-2-9-22-16(19)8-5-12-4-7-15(23-12)13-6-3-11(18(20)21)10-14(13)17/h2-8,10H,1,9H2/b8-5+. The molecule has 118 valence electrons. The number of ether oxygens (including phenoxy) is 1. The maximum absolute atomic E-state index is 11.3. The number of nitro groups is 1. The van der Waals surface area contributed by atoms with Crippen LogP contribution in [0.4, 0.5) is 5.69 Å². The van der Waals surface area contributed by atoms with E-state index in [0.717, 1.165) is 0 Å². The number of hydrogen-bond donors (Lipinski definition) is 0. The van der Waals surface area contributed by atoms with Crippen LogP contribution in [0.25, 0.3) is 17.4 Å². The van der Waals surface area contributed by atoms with Gasteiger partial charge in [0.15, 0.2) is 0 Å². The Bertz CT molecular complexity index is 779. The van der Waals surface area contributed by atoms with Crippen molar-refractivity contribution < 1.29 is 18.9 Å². The summed E-state index contributed by atoms with van der Waals surface area (Å²) in [6, 6.07) is 7.78. The highest BCUT2D eigenvalue weighted by Gasteiger charge is 2.12. The molecule has 0 aliphatic heterocycles. The molecule has 0 radical (unpaired) electrons. The van der Waals surface area contributed by atoms with Crippen LogP contribution in [0.1, 0.15) is 5.76 Å². The number of carbonyl (C=O) groups excluding carboxylic acids is 1. The lowest BCUT2D eigenvalue weighted by molar-refractivity contribution is -0.384. The molecule has 0 aliphatic rings. The average molecular weight is 378 g/mol. The van der Waals surface area contributed by atoms with E-state index in [9.17, 15) is 14.9 Å². The lowest BCUT2D eigenvalue weighted by Gasteiger charge is -2.00.